The Morgan fingerprint density at radius 2 is 1.77 bits per heavy atom. The lowest BCUT2D eigenvalue weighted by Gasteiger charge is -2.09. The van der Waals surface area contributed by atoms with Crippen LogP contribution in [0.2, 0.25) is 0 Å². The van der Waals surface area contributed by atoms with Gasteiger partial charge in [0, 0.05) is 22.0 Å². The Hall–Kier alpha value is -3.07. The molecule has 130 valence electrons. The molecule has 0 saturated carbocycles. The van der Waals surface area contributed by atoms with E-state index in [1.807, 2.05) is 42.5 Å². The number of hydrogen-bond acceptors (Lipinski definition) is 2. The van der Waals surface area contributed by atoms with Crippen LogP contribution in [0.1, 0.15) is 22.3 Å². The number of amides is 1. The molecule has 26 heavy (non-hydrogen) atoms. The molecule has 3 aromatic carbocycles. The van der Waals surface area contributed by atoms with Gasteiger partial charge in [-0.3, -0.25) is 4.79 Å². The summed E-state index contributed by atoms with van der Waals surface area (Å²) in [6.45, 7) is 6.20. The highest BCUT2D eigenvalue weighted by molar-refractivity contribution is 6.03. The smallest absolute Gasteiger partial charge is 0.228 e. The van der Waals surface area contributed by atoms with Gasteiger partial charge in [-0.05, 0) is 48.9 Å². The fourth-order valence-electron chi connectivity index (χ4n) is 3.62. The lowest BCUT2D eigenvalue weighted by molar-refractivity contribution is -0.115. The van der Waals surface area contributed by atoms with Crippen LogP contribution in [0.25, 0.3) is 21.7 Å². The molecule has 0 aliphatic carbocycles. The van der Waals surface area contributed by atoms with Crippen molar-refractivity contribution >= 4 is 33.3 Å². The van der Waals surface area contributed by atoms with Gasteiger partial charge >= 0.3 is 0 Å². The molecule has 3 nitrogen and oxygen atoms in total. The molecular formula is C23H21NO2. The average molecular weight is 343 g/mol. The fraction of sp³-hybridized carbons (Fsp3) is 0.174. The summed E-state index contributed by atoms with van der Waals surface area (Å²) < 4.78 is 5.78. The molecule has 0 atom stereocenters. The standard InChI is InChI=1S/C23H21NO2/c1-14-11-15(2)22-18(13-26-23(22)16(14)3)12-21(25)24-20-10-6-8-17-7-4-5-9-19(17)20/h4-11,13H,12H2,1-3H3,(H,24,25). The third kappa shape index (κ3) is 2.76. The van der Waals surface area contributed by atoms with Crippen molar-refractivity contribution in [3.63, 3.8) is 0 Å². The van der Waals surface area contributed by atoms with Gasteiger partial charge in [0.1, 0.15) is 5.58 Å². The maximum Gasteiger partial charge on any atom is 0.228 e. The Morgan fingerprint density at radius 3 is 2.62 bits per heavy atom. The summed E-state index contributed by atoms with van der Waals surface area (Å²) in [4.78, 5) is 12.7. The Balaban J connectivity index is 1.65. The van der Waals surface area contributed by atoms with Crippen molar-refractivity contribution in [2.45, 2.75) is 27.2 Å². The first-order chi connectivity index (χ1) is 12.5. The first kappa shape index (κ1) is 16.4. The minimum Gasteiger partial charge on any atom is -0.464 e. The van der Waals surface area contributed by atoms with Gasteiger partial charge in [-0.2, -0.15) is 0 Å². The predicted octanol–water partition coefficient (Wildman–Crippen LogP) is 5.69. The third-order valence-corrected chi connectivity index (χ3v) is 5.04. The number of nitrogens with one attached hydrogen (secondary N) is 1. The van der Waals surface area contributed by atoms with Crippen LogP contribution in [-0.4, -0.2) is 5.91 Å². The topological polar surface area (TPSA) is 42.2 Å². The molecule has 0 spiro atoms. The lowest BCUT2D eigenvalue weighted by atomic mass is 9.99. The van der Waals surface area contributed by atoms with Crippen molar-refractivity contribution in [2.75, 3.05) is 5.32 Å². The number of furan rings is 1. The van der Waals surface area contributed by atoms with Gasteiger partial charge in [0.05, 0.1) is 12.7 Å². The Morgan fingerprint density at radius 1 is 1.00 bits per heavy atom. The highest BCUT2D eigenvalue weighted by Crippen LogP contribution is 2.30. The van der Waals surface area contributed by atoms with E-state index in [0.717, 1.165) is 44.1 Å². The molecule has 0 aliphatic heterocycles. The van der Waals surface area contributed by atoms with E-state index >= 15 is 0 Å². The monoisotopic (exact) mass is 343 g/mol. The van der Waals surface area contributed by atoms with Crippen molar-refractivity contribution < 1.29 is 9.21 Å². The van der Waals surface area contributed by atoms with Crippen LogP contribution >= 0.6 is 0 Å². The zero-order valence-electron chi connectivity index (χ0n) is 15.2. The first-order valence-electron chi connectivity index (χ1n) is 8.79. The van der Waals surface area contributed by atoms with Gasteiger partial charge in [-0.25, -0.2) is 0 Å². The van der Waals surface area contributed by atoms with Gasteiger partial charge in [-0.15, -0.1) is 0 Å². The molecule has 4 aromatic rings. The lowest BCUT2D eigenvalue weighted by Crippen LogP contribution is -2.14. The second-order valence-corrected chi connectivity index (χ2v) is 6.85. The molecule has 4 rings (SSSR count). The first-order valence-corrected chi connectivity index (χ1v) is 8.79. The number of benzene rings is 3. The molecule has 1 N–H and O–H groups in total. The van der Waals surface area contributed by atoms with Crippen LogP contribution in [0.4, 0.5) is 5.69 Å². The summed E-state index contributed by atoms with van der Waals surface area (Å²) in [5.74, 6) is -0.0401. The number of carbonyl (C=O) groups is 1. The number of carbonyl (C=O) groups excluding carboxylic acids is 1. The van der Waals surface area contributed by atoms with Crippen molar-refractivity contribution in [2.24, 2.45) is 0 Å². The van der Waals surface area contributed by atoms with Crippen molar-refractivity contribution in [3.05, 3.63) is 77.0 Å². The SMILES string of the molecule is Cc1cc(C)c2c(CC(=O)Nc3cccc4ccccc34)coc2c1C. The summed E-state index contributed by atoms with van der Waals surface area (Å²) in [6.07, 6.45) is 2.01. The third-order valence-electron chi connectivity index (χ3n) is 5.04. The van der Waals surface area contributed by atoms with E-state index < -0.39 is 0 Å². The molecule has 1 amide bonds. The zero-order valence-corrected chi connectivity index (χ0v) is 15.2. The quantitative estimate of drug-likeness (QED) is 0.519. The minimum atomic E-state index is -0.0401. The Labute approximate surface area is 152 Å². The molecule has 0 fully saturated rings. The maximum absolute atomic E-state index is 12.7. The van der Waals surface area contributed by atoms with E-state index in [9.17, 15) is 4.79 Å². The summed E-state index contributed by atoms with van der Waals surface area (Å²) >= 11 is 0. The molecule has 3 heteroatoms. The van der Waals surface area contributed by atoms with E-state index in [1.54, 1.807) is 6.26 Å². The van der Waals surface area contributed by atoms with E-state index in [0.29, 0.717) is 6.42 Å². The van der Waals surface area contributed by atoms with Crippen molar-refractivity contribution in [3.8, 4) is 0 Å². The van der Waals surface area contributed by atoms with E-state index in [2.05, 4.69) is 32.2 Å². The highest BCUT2D eigenvalue weighted by Gasteiger charge is 2.16. The highest BCUT2D eigenvalue weighted by atomic mass is 16.3. The molecule has 1 aromatic heterocycles. The van der Waals surface area contributed by atoms with Crippen LogP contribution in [0.15, 0.2) is 59.2 Å². The van der Waals surface area contributed by atoms with Crippen molar-refractivity contribution in [1.82, 2.24) is 0 Å². The molecule has 0 aliphatic rings. The molecule has 0 unspecified atom stereocenters. The largest absolute Gasteiger partial charge is 0.464 e. The predicted molar refractivity (Wildman–Crippen MR) is 107 cm³/mol. The molecular weight excluding hydrogens is 322 g/mol. The van der Waals surface area contributed by atoms with Crippen LogP contribution in [-0.2, 0) is 11.2 Å². The fourth-order valence-corrected chi connectivity index (χ4v) is 3.62. The summed E-state index contributed by atoms with van der Waals surface area (Å²) in [5, 5.41) is 6.27. The zero-order chi connectivity index (χ0) is 18.3. The maximum atomic E-state index is 12.7. The van der Waals surface area contributed by atoms with E-state index in [4.69, 9.17) is 4.42 Å². The molecule has 0 bridgehead atoms. The van der Waals surface area contributed by atoms with Gasteiger partial charge in [0.15, 0.2) is 0 Å². The molecule has 0 saturated heterocycles. The van der Waals surface area contributed by atoms with Crippen LogP contribution in [0, 0.1) is 20.8 Å². The summed E-state index contributed by atoms with van der Waals surface area (Å²) in [6, 6.07) is 16.1. The second kappa shape index (κ2) is 6.34. The summed E-state index contributed by atoms with van der Waals surface area (Å²) in [7, 11) is 0. The van der Waals surface area contributed by atoms with Crippen LogP contribution < -0.4 is 5.32 Å². The van der Waals surface area contributed by atoms with Gasteiger partial charge in [0.2, 0.25) is 5.91 Å². The molecule has 1 heterocycles. The number of aryl methyl sites for hydroxylation is 3. The summed E-state index contributed by atoms with van der Waals surface area (Å²) in [5.41, 5.74) is 6.13. The number of anilines is 1. The van der Waals surface area contributed by atoms with E-state index in [-0.39, 0.29) is 5.91 Å². The number of rotatable bonds is 3. The van der Waals surface area contributed by atoms with Crippen LogP contribution in [0.3, 0.4) is 0 Å². The van der Waals surface area contributed by atoms with Gasteiger partial charge < -0.3 is 9.73 Å². The normalized spacial score (nSPS) is 11.2. The number of fused-ring (bicyclic) bond motifs is 2. The molecule has 0 radical (unpaired) electrons. The minimum absolute atomic E-state index is 0.0401. The van der Waals surface area contributed by atoms with Crippen molar-refractivity contribution in [1.29, 1.82) is 0 Å². The Kier molecular flexibility index (Phi) is 4.00. The Bertz CT molecular complexity index is 1130. The average Bonchev–Trinajstić information content (AvgIpc) is 3.04. The number of hydrogen-bond donors (Lipinski definition) is 1. The van der Waals surface area contributed by atoms with Gasteiger partial charge in [-0.1, -0.05) is 42.5 Å². The van der Waals surface area contributed by atoms with E-state index in [1.165, 1.54) is 5.56 Å². The van der Waals surface area contributed by atoms with Crippen LogP contribution in [0.5, 0.6) is 0 Å². The second-order valence-electron chi connectivity index (χ2n) is 6.85. The van der Waals surface area contributed by atoms with Gasteiger partial charge in [0.25, 0.3) is 0 Å².